The SMILES string of the molecule is CN(c1ncccc1C(=O)O)C1CCOCC1. The highest BCUT2D eigenvalue weighted by atomic mass is 16.5. The lowest BCUT2D eigenvalue weighted by molar-refractivity contribution is 0.0696. The molecule has 0 bridgehead atoms. The second-order valence-corrected chi connectivity index (χ2v) is 4.13. The zero-order valence-corrected chi connectivity index (χ0v) is 9.80. The van der Waals surface area contributed by atoms with Gasteiger partial charge in [-0.15, -0.1) is 0 Å². The Kier molecular flexibility index (Phi) is 3.58. The second kappa shape index (κ2) is 5.14. The predicted molar refractivity (Wildman–Crippen MR) is 63.4 cm³/mol. The topological polar surface area (TPSA) is 62.7 Å². The van der Waals surface area contributed by atoms with Crippen LogP contribution in [0, 0.1) is 0 Å². The van der Waals surface area contributed by atoms with Gasteiger partial charge in [0, 0.05) is 32.5 Å². The summed E-state index contributed by atoms with van der Waals surface area (Å²) < 4.78 is 5.30. The van der Waals surface area contributed by atoms with Crippen molar-refractivity contribution in [1.29, 1.82) is 0 Å². The van der Waals surface area contributed by atoms with Gasteiger partial charge in [0.05, 0.1) is 0 Å². The minimum absolute atomic E-state index is 0.251. The Balaban J connectivity index is 2.23. The number of ether oxygens (including phenoxy) is 1. The fourth-order valence-electron chi connectivity index (χ4n) is 2.09. The number of carboxylic acid groups (broad SMARTS) is 1. The van der Waals surface area contributed by atoms with Crippen LogP contribution in [0.4, 0.5) is 5.82 Å². The van der Waals surface area contributed by atoms with E-state index in [1.807, 2.05) is 11.9 Å². The molecular formula is C12H16N2O3. The van der Waals surface area contributed by atoms with E-state index in [0.717, 1.165) is 26.1 Å². The number of carboxylic acids is 1. The van der Waals surface area contributed by atoms with E-state index in [2.05, 4.69) is 4.98 Å². The van der Waals surface area contributed by atoms with Crippen LogP contribution in [-0.2, 0) is 4.74 Å². The molecule has 1 aliphatic rings. The van der Waals surface area contributed by atoms with Gasteiger partial charge in [0.15, 0.2) is 0 Å². The van der Waals surface area contributed by atoms with Crippen LogP contribution in [0.25, 0.3) is 0 Å². The molecule has 2 rings (SSSR count). The highest BCUT2D eigenvalue weighted by Crippen LogP contribution is 2.22. The molecule has 1 aromatic rings. The number of hydrogen-bond donors (Lipinski definition) is 1. The molecule has 0 saturated carbocycles. The quantitative estimate of drug-likeness (QED) is 0.859. The molecule has 1 aromatic heterocycles. The van der Waals surface area contributed by atoms with Crippen LogP contribution in [-0.4, -0.2) is 42.4 Å². The highest BCUT2D eigenvalue weighted by molar-refractivity contribution is 5.93. The Morgan fingerprint density at radius 1 is 1.53 bits per heavy atom. The van der Waals surface area contributed by atoms with Crippen molar-refractivity contribution in [2.75, 3.05) is 25.2 Å². The Labute approximate surface area is 100 Å². The highest BCUT2D eigenvalue weighted by Gasteiger charge is 2.23. The summed E-state index contributed by atoms with van der Waals surface area (Å²) in [7, 11) is 1.89. The van der Waals surface area contributed by atoms with E-state index in [0.29, 0.717) is 11.9 Å². The summed E-state index contributed by atoms with van der Waals surface area (Å²) >= 11 is 0. The number of anilines is 1. The summed E-state index contributed by atoms with van der Waals surface area (Å²) in [6.45, 7) is 1.45. The second-order valence-electron chi connectivity index (χ2n) is 4.13. The van der Waals surface area contributed by atoms with Crippen molar-refractivity contribution in [1.82, 2.24) is 4.98 Å². The molecule has 17 heavy (non-hydrogen) atoms. The van der Waals surface area contributed by atoms with Gasteiger partial charge in [-0.25, -0.2) is 9.78 Å². The molecule has 0 atom stereocenters. The smallest absolute Gasteiger partial charge is 0.339 e. The molecule has 1 aliphatic heterocycles. The first-order chi connectivity index (χ1) is 8.20. The van der Waals surface area contributed by atoms with Gasteiger partial charge in [-0.05, 0) is 25.0 Å². The van der Waals surface area contributed by atoms with Crippen LogP contribution in [0.5, 0.6) is 0 Å². The van der Waals surface area contributed by atoms with Gasteiger partial charge in [0.2, 0.25) is 0 Å². The number of pyridine rings is 1. The Morgan fingerprint density at radius 2 is 2.24 bits per heavy atom. The van der Waals surface area contributed by atoms with Crippen molar-refractivity contribution in [3.05, 3.63) is 23.9 Å². The molecule has 1 N–H and O–H groups in total. The molecule has 1 saturated heterocycles. The molecule has 5 nitrogen and oxygen atoms in total. The summed E-state index contributed by atoms with van der Waals surface area (Å²) in [5.41, 5.74) is 0.251. The molecule has 1 fully saturated rings. The van der Waals surface area contributed by atoms with Crippen molar-refractivity contribution in [3.63, 3.8) is 0 Å². The number of hydrogen-bond acceptors (Lipinski definition) is 4. The van der Waals surface area contributed by atoms with Gasteiger partial charge in [-0.3, -0.25) is 0 Å². The van der Waals surface area contributed by atoms with Crippen molar-refractivity contribution in [2.24, 2.45) is 0 Å². The first kappa shape index (κ1) is 11.9. The zero-order valence-electron chi connectivity index (χ0n) is 9.80. The Bertz CT molecular complexity index is 402. The molecule has 92 valence electrons. The van der Waals surface area contributed by atoms with Crippen LogP contribution >= 0.6 is 0 Å². The van der Waals surface area contributed by atoms with E-state index < -0.39 is 5.97 Å². The third-order valence-corrected chi connectivity index (χ3v) is 3.09. The maximum Gasteiger partial charge on any atom is 0.339 e. The third kappa shape index (κ3) is 2.55. The zero-order chi connectivity index (χ0) is 12.3. The van der Waals surface area contributed by atoms with Crippen LogP contribution in [0.3, 0.4) is 0 Å². The van der Waals surface area contributed by atoms with E-state index in [1.165, 1.54) is 0 Å². The maximum absolute atomic E-state index is 11.1. The molecule has 0 aromatic carbocycles. The normalized spacial score (nSPS) is 16.8. The lowest BCUT2D eigenvalue weighted by Crippen LogP contribution is -2.37. The monoisotopic (exact) mass is 236 g/mol. The van der Waals surface area contributed by atoms with Gasteiger partial charge < -0.3 is 14.7 Å². The van der Waals surface area contributed by atoms with Crippen LogP contribution < -0.4 is 4.90 Å². The Hall–Kier alpha value is -1.62. The average molecular weight is 236 g/mol. The summed E-state index contributed by atoms with van der Waals surface area (Å²) in [6.07, 6.45) is 3.44. The molecule has 0 unspecified atom stereocenters. The number of rotatable bonds is 3. The molecule has 0 amide bonds. The number of carbonyl (C=O) groups is 1. The standard InChI is InChI=1S/C12H16N2O3/c1-14(9-4-7-17-8-5-9)11-10(12(15)16)3-2-6-13-11/h2-3,6,9H,4-5,7-8H2,1H3,(H,15,16). The van der Waals surface area contributed by atoms with Gasteiger partial charge in [-0.2, -0.15) is 0 Å². The number of aromatic carboxylic acids is 1. The summed E-state index contributed by atoms with van der Waals surface area (Å²) in [4.78, 5) is 17.2. The lowest BCUT2D eigenvalue weighted by atomic mass is 10.1. The van der Waals surface area contributed by atoms with E-state index in [1.54, 1.807) is 18.3 Å². The van der Waals surface area contributed by atoms with Crippen LogP contribution in [0.15, 0.2) is 18.3 Å². The van der Waals surface area contributed by atoms with Gasteiger partial charge in [0.1, 0.15) is 11.4 Å². The average Bonchev–Trinajstić information content (AvgIpc) is 2.39. The molecule has 0 spiro atoms. The Morgan fingerprint density at radius 3 is 2.88 bits per heavy atom. The first-order valence-electron chi connectivity index (χ1n) is 5.69. The molecule has 2 heterocycles. The largest absolute Gasteiger partial charge is 0.478 e. The van der Waals surface area contributed by atoms with E-state index in [4.69, 9.17) is 9.84 Å². The van der Waals surface area contributed by atoms with Crippen LogP contribution in [0.1, 0.15) is 23.2 Å². The van der Waals surface area contributed by atoms with Crippen molar-refractivity contribution in [3.8, 4) is 0 Å². The van der Waals surface area contributed by atoms with Crippen molar-refractivity contribution < 1.29 is 14.6 Å². The molecular weight excluding hydrogens is 220 g/mol. The van der Waals surface area contributed by atoms with Crippen molar-refractivity contribution >= 4 is 11.8 Å². The number of aromatic nitrogens is 1. The minimum atomic E-state index is -0.938. The fourth-order valence-corrected chi connectivity index (χ4v) is 2.09. The van der Waals surface area contributed by atoms with Gasteiger partial charge in [0.25, 0.3) is 0 Å². The number of nitrogens with zero attached hydrogens (tertiary/aromatic N) is 2. The molecule has 0 aliphatic carbocycles. The summed E-state index contributed by atoms with van der Waals surface area (Å²) in [5, 5.41) is 9.12. The molecule has 5 heteroatoms. The predicted octanol–water partition coefficient (Wildman–Crippen LogP) is 1.39. The third-order valence-electron chi connectivity index (χ3n) is 3.09. The molecule has 0 radical (unpaired) electrons. The van der Waals surface area contributed by atoms with Crippen molar-refractivity contribution in [2.45, 2.75) is 18.9 Å². The van der Waals surface area contributed by atoms with E-state index >= 15 is 0 Å². The minimum Gasteiger partial charge on any atom is -0.478 e. The first-order valence-corrected chi connectivity index (χ1v) is 5.69. The van der Waals surface area contributed by atoms with Gasteiger partial charge in [-0.1, -0.05) is 0 Å². The van der Waals surface area contributed by atoms with E-state index in [9.17, 15) is 4.79 Å². The van der Waals surface area contributed by atoms with E-state index in [-0.39, 0.29) is 5.56 Å². The summed E-state index contributed by atoms with van der Waals surface area (Å²) in [5.74, 6) is -0.404. The fraction of sp³-hybridized carbons (Fsp3) is 0.500. The summed E-state index contributed by atoms with van der Waals surface area (Å²) in [6, 6.07) is 3.53. The lowest BCUT2D eigenvalue weighted by Gasteiger charge is -2.32. The van der Waals surface area contributed by atoms with Gasteiger partial charge >= 0.3 is 5.97 Å². The van der Waals surface area contributed by atoms with Crippen LogP contribution in [0.2, 0.25) is 0 Å². The maximum atomic E-state index is 11.1.